The number of aromatic nitrogens is 3. The molecule has 102 valence electrons. The van der Waals surface area contributed by atoms with Gasteiger partial charge in [0.2, 0.25) is 0 Å². The second-order valence-corrected chi connectivity index (χ2v) is 6.74. The Kier molecular flexibility index (Phi) is 3.78. The average Bonchev–Trinajstić information content (AvgIpc) is 2.81. The topological polar surface area (TPSA) is 47.8 Å². The molecule has 0 aliphatic heterocycles. The van der Waals surface area contributed by atoms with Gasteiger partial charge in [-0.15, -0.1) is 0 Å². The number of thioether (sulfide) groups is 1. The Hall–Kier alpha value is -1.37. The predicted molar refractivity (Wildman–Crippen MR) is 84.4 cm³/mol. The highest BCUT2D eigenvalue weighted by Crippen LogP contribution is 2.25. The normalized spacial score (nSPS) is 11.1. The molecule has 0 N–H and O–H groups in total. The molecule has 0 saturated heterocycles. The lowest BCUT2D eigenvalue weighted by Gasteiger charge is -2.10. The lowest BCUT2D eigenvalue weighted by molar-refractivity contribution is 0.818. The smallest absolute Gasteiger partial charge is 0.267 e. The SMILES string of the molecule is CCSc1nc2nc(Cl)sc2c(=O)n1-c1ccccc1. The molecule has 1 aromatic carbocycles. The maximum absolute atomic E-state index is 12.7. The molecular formula is C13H10ClN3OS2. The van der Waals surface area contributed by atoms with Crippen LogP contribution in [0.2, 0.25) is 4.47 Å². The van der Waals surface area contributed by atoms with Gasteiger partial charge in [0.1, 0.15) is 4.70 Å². The summed E-state index contributed by atoms with van der Waals surface area (Å²) in [5.74, 6) is 0.822. The van der Waals surface area contributed by atoms with E-state index in [0.717, 1.165) is 22.8 Å². The zero-order valence-electron chi connectivity index (χ0n) is 10.5. The van der Waals surface area contributed by atoms with Gasteiger partial charge in [-0.1, -0.05) is 59.8 Å². The second-order valence-electron chi connectivity index (χ2n) is 3.92. The van der Waals surface area contributed by atoms with Crippen molar-refractivity contribution in [3.63, 3.8) is 0 Å². The largest absolute Gasteiger partial charge is 0.278 e. The Morgan fingerprint density at radius 3 is 2.75 bits per heavy atom. The number of nitrogens with zero attached hydrogens (tertiary/aromatic N) is 3. The van der Waals surface area contributed by atoms with E-state index in [1.807, 2.05) is 37.3 Å². The fourth-order valence-corrected chi connectivity index (χ4v) is 3.56. The molecule has 0 aliphatic rings. The Balaban J connectivity index is 2.35. The third-order valence-electron chi connectivity index (χ3n) is 2.66. The Morgan fingerprint density at radius 1 is 1.30 bits per heavy atom. The number of para-hydroxylation sites is 1. The first-order valence-electron chi connectivity index (χ1n) is 5.98. The molecule has 3 aromatic rings. The summed E-state index contributed by atoms with van der Waals surface area (Å²) in [7, 11) is 0. The molecule has 0 amide bonds. The molecule has 4 nitrogen and oxygen atoms in total. The standard InChI is InChI=1S/C13H10ClN3OS2/c1-2-19-13-16-10-9(20-12(14)15-10)11(18)17(13)8-6-4-3-5-7-8/h3-7H,2H2,1H3. The third kappa shape index (κ3) is 2.34. The average molecular weight is 324 g/mol. The van der Waals surface area contributed by atoms with Crippen LogP contribution in [-0.2, 0) is 0 Å². The van der Waals surface area contributed by atoms with E-state index >= 15 is 0 Å². The van der Waals surface area contributed by atoms with Gasteiger partial charge in [-0.25, -0.2) is 9.97 Å². The van der Waals surface area contributed by atoms with Crippen LogP contribution in [0.3, 0.4) is 0 Å². The first-order chi connectivity index (χ1) is 9.70. The van der Waals surface area contributed by atoms with Crippen LogP contribution in [0.25, 0.3) is 16.0 Å². The van der Waals surface area contributed by atoms with Gasteiger partial charge in [0, 0.05) is 0 Å². The van der Waals surface area contributed by atoms with Crippen molar-refractivity contribution in [2.75, 3.05) is 5.75 Å². The summed E-state index contributed by atoms with van der Waals surface area (Å²) in [5, 5.41) is 0.637. The van der Waals surface area contributed by atoms with E-state index in [2.05, 4.69) is 9.97 Å². The molecule has 7 heteroatoms. The van der Waals surface area contributed by atoms with Crippen LogP contribution in [0.4, 0.5) is 0 Å². The number of fused-ring (bicyclic) bond motifs is 1. The highest BCUT2D eigenvalue weighted by molar-refractivity contribution is 7.99. The third-order valence-corrected chi connectivity index (χ3v) is 4.62. The van der Waals surface area contributed by atoms with Gasteiger partial charge in [0.05, 0.1) is 5.69 Å². The van der Waals surface area contributed by atoms with Gasteiger partial charge < -0.3 is 0 Å². The van der Waals surface area contributed by atoms with Crippen LogP contribution in [0.5, 0.6) is 0 Å². The number of rotatable bonds is 3. The molecule has 2 aromatic heterocycles. The number of thiazole rings is 1. The maximum Gasteiger partial charge on any atom is 0.278 e. The van der Waals surface area contributed by atoms with E-state index in [9.17, 15) is 4.79 Å². The number of hydrogen-bond donors (Lipinski definition) is 0. The summed E-state index contributed by atoms with van der Waals surface area (Å²) in [4.78, 5) is 21.2. The summed E-state index contributed by atoms with van der Waals surface area (Å²) < 4.78 is 2.44. The summed E-state index contributed by atoms with van der Waals surface area (Å²) >= 11 is 8.57. The van der Waals surface area contributed by atoms with E-state index in [4.69, 9.17) is 11.6 Å². The van der Waals surface area contributed by atoms with Gasteiger partial charge in [0.15, 0.2) is 15.3 Å². The summed E-state index contributed by atoms with van der Waals surface area (Å²) in [6.07, 6.45) is 0. The molecule has 0 fully saturated rings. The highest BCUT2D eigenvalue weighted by atomic mass is 35.5. The monoisotopic (exact) mass is 323 g/mol. The molecule has 3 rings (SSSR count). The minimum Gasteiger partial charge on any atom is -0.267 e. The zero-order chi connectivity index (χ0) is 14.1. The molecule has 0 unspecified atom stereocenters. The predicted octanol–water partition coefficient (Wildman–Crippen LogP) is 3.61. The fraction of sp³-hybridized carbons (Fsp3) is 0.154. The molecule has 2 heterocycles. The van der Waals surface area contributed by atoms with E-state index in [-0.39, 0.29) is 5.56 Å². The van der Waals surface area contributed by atoms with Crippen LogP contribution in [0, 0.1) is 0 Å². The van der Waals surface area contributed by atoms with Crippen molar-refractivity contribution in [2.24, 2.45) is 0 Å². The minimum absolute atomic E-state index is 0.124. The molecule has 0 aliphatic carbocycles. The van der Waals surface area contributed by atoms with Gasteiger partial charge in [0.25, 0.3) is 5.56 Å². The van der Waals surface area contributed by atoms with Gasteiger partial charge >= 0.3 is 0 Å². The molecule has 0 bridgehead atoms. The van der Waals surface area contributed by atoms with Crippen LogP contribution in [0.1, 0.15) is 6.92 Å². The summed E-state index contributed by atoms with van der Waals surface area (Å²) in [6.45, 7) is 2.02. The van der Waals surface area contributed by atoms with Crippen molar-refractivity contribution in [1.82, 2.24) is 14.5 Å². The van der Waals surface area contributed by atoms with Crippen molar-refractivity contribution in [1.29, 1.82) is 0 Å². The number of benzene rings is 1. The van der Waals surface area contributed by atoms with Crippen LogP contribution in [0.15, 0.2) is 40.3 Å². The summed E-state index contributed by atoms with van der Waals surface area (Å²) in [6, 6.07) is 9.48. The molecule has 20 heavy (non-hydrogen) atoms. The second kappa shape index (κ2) is 5.55. The Bertz CT molecular complexity index is 814. The first-order valence-corrected chi connectivity index (χ1v) is 8.16. The van der Waals surface area contributed by atoms with Crippen molar-refractivity contribution < 1.29 is 0 Å². The van der Waals surface area contributed by atoms with Crippen LogP contribution < -0.4 is 5.56 Å². The van der Waals surface area contributed by atoms with Gasteiger partial charge in [-0.05, 0) is 17.9 Å². The van der Waals surface area contributed by atoms with E-state index in [0.29, 0.717) is 20.0 Å². The Morgan fingerprint density at radius 2 is 2.05 bits per heavy atom. The van der Waals surface area contributed by atoms with Crippen molar-refractivity contribution in [3.05, 3.63) is 45.2 Å². The molecular weight excluding hydrogens is 314 g/mol. The molecule has 0 saturated carbocycles. The van der Waals surface area contributed by atoms with Crippen molar-refractivity contribution >= 4 is 45.0 Å². The number of hydrogen-bond acceptors (Lipinski definition) is 5. The molecule has 0 radical (unpaired) electrons. The maximum atomic E-state index is 12.7. The first kappa shape index (κ1) is 13.6. The fourth-order valence-electron chi connectivity index (χ4n) is 1.86. The van der Waals surface area contributed by atoms with Gasteiger partial charge in [-0.3, -0.25) is 9.36 Å². The van der Waals surface area contributed by atoms with Gasteiger partial charge in [-0.2, -0.15) is 0 Å². The van der Waals surface area contributed by atoms with Crippen LogP contribution >= 0.6 is 34.7 Å². The molecule has 0 atom stereocenters. The lowest BCUT2D eigenvalue weighted by Crippen LogP contribution is -2.20. The highest BCUT2D eigenvalue weighted by Gasteiger charge is 2.16. The lowest BCUT2D eigenvalue weighted by atomic mass is 10.3. The summed E-state index contributed by atoms with van der Waals surface area (Å²) in [5.41, 5.74) is 1.10. The minimum atomic E-state index is -0.124. The quantitative estimate of drug-likeness (QED) is 0.545. The molecule has 0 spiro atoms. The van der Waals surface area contributed by atoms with E-state index < -0.39 is 0 Å². The zero-order valence-corrected chi connectivity index (χ0v) is 12.9. The van der Waals surface area contributed by atoms with E-state index in [1.165, 1.54) is 11.8 Å². The number of halogens is 1. The van der Waals surface area contributed by atoms with Crippen molar-refractivity contribution in [2.45, 2.75) is 12.1 Å². The van der Waals surface area contributed by atoms with Crippen LogP contribution in [-0.4, -0.2) is 20.3 Å². The van der Waals surface area contributed by atoms with Crippen molar-refractivity contribution in [3.8, 4) is 5.69 Å². The van der Waals surface area contributed by atoms with E-state index in [1.54, 1.807) is 4.57 Å². The Labute approximate surface area is 128 Å².